The summed E-state index contributed by atoms with van der Waals surface area (Å²) in [7, 11) is 0. The summed E-state index contributed by atoms with van der Waals surface area (Å²) in [6.07, 6.45) is 0.898. The lowest BCUT2D eigenvalue weighted by Gasteiger charge is -2.14. The fourth-order valence-electron chi connectivity index (χ4n) is 2.56. The Kier molecular flexibility index (Phi) is 6.08. The molecule has 0 saturated heterocycles. The van der Waals surface area contributed by atoms with Crippen molar-refractivity contribution in [1.29, 1.82) is 0 Å². The zero-order valence-electron chi connectivity index (χ0n) is 15.1. The highest BCUT2D eigenvalue weighted by Gasteiger charge is 2.15. The number of carbonyl (C=O) groups is 1. The van der Waals surface area contributed by atoms with Crippen LogP contribution in [-0.4, -0.2) is 22.7 Å². The first-order chi connectivity index (χ1) is 13.1. The van der Waals surface area contributed by atoms with Crippen molar-refractivity contribution < 1.29 is 14.1 Å². The van der Waals surface area contributed by atoms with E-state index in [9.17, 15) is 4.79 Å². The van der Waals surface area contributed by atoms with E-state index in [0.29, 0.717) is 16.4 Å². The van der Waals surface area contributed by atoms with Crippen molar-refractivity contribution in [3.8, 4) is 17.5 Å². The molecule has 0 saturated carbocycles. The van der Waals surface area contributed by atoms with Gasteiger partial charge in [0.1, 0.15) is 0 Å². The number of hydrogen-bond acceptors (Lipinski definition) is 5. The largest absolute Gasteiger partial charge is 0.439 e. The van der Waals surface area contributed by atoms with Gasteiger partial charge in [-0.3, -0.25) is 9.32 Å². The van der Waals surface area contributed by atoms with Crippen molar-refractivity contribution in [3.05, 3.63) is 64.7 Å². The van der Waals surface area contributed by atoms with E-state index in [1.54, 1.807) is 12.1 Å². The van der Waals surface area contributed by atoms with Crippen LogP contribution in [0, 0.1) is 0 Å². The number of aromatic nitrogens is 2. The lowest BCUT2D eigenvalue weighted by atomic mass is 10.1. The summed E-state index contributed by atoms with van der Waals surface area (Å²) >= 11 is 6.10. The second-order valence-corrected chi connectivity index (χ2v) is 6.44. The standard InChI is InChI=1S/C20H20ClN3O3/c1-3-14-8-10-15(11-9-14)13(2)22-18(25)12-26-20-23-19(24-27-20)16-6-4-5-7-17(16)21/h4-11,13H,3,12H2,1-2H3,(H,22,25). The molecule has 0 radical (unpaired) electrons. The Morgan fingerprint density at radius 2 is 1.96 bits per heavy atom. The van der Waals surface area contributed by atoms with Crippen LogP contribution in [0.1, 0.15) is 31.0 Å². The highest BCUT2D eigenvalue weighted by Crippen LogP contribution is 2.26. The quantitative estimate of drug-likeness (QED) is 0.659. The van der Waals surface area contributed by atoms with Gasteiger partial charge in [0.05, 0.1) is 11.1 Å². The van der Waals surface area contributed by atoms with Crippen LogP contribution in [0.5, 0.6) is 6.08 Å². The van der Waals surface area contributed by atoms with Crippen molar-refractivity contribution in [3.63, 3.8) is 0 Å². The van der Waals surface area contributed by atoms with Gasteiger partial charge in [0.15, 0.2) is 6.61 Å². The molecule has 3 aromatic rings. The van der Waals surface area contributed by atoms with Crippen LogP contribution in [0.15, 0.2) is 53.1 Å². The molecule has 0 aliphatic carbocycles. The maximum atomic E-state index is 12.1. The fraction of sp³-hybridized carbons (Fsp3) is 0.250. The molecular formula is C20H20ClN3O3. The predicted molar refractivity (Wildman–Crippen MR) is 103 cm³/mol. The predicted octanol–water partition coefficient (Wildman–Crippen LogP) is 4.21. The molecule has 7 heteroatoms. The summed E-state index contributed by atoms with van der Waals surface area (Å²) in [6, 6.07) is 15.1. The van der Waals surface area contributed by atoms with Crippen molar-refractivity contribution in [2.24, 2.45) is 0 Å². The molecule has 140 valence electrons. The lowest BCUT2D eigenvalue weighted by molar-refractivity contribution is -0.124. The highest BCUT2D eigenvalue weighted by molar-refractivity contribution is 6.33. The Bertz CT molecular complexity index is 909. The van der Waals surface area contributed by atoms with Gasteiger partial charge >= 0.3 is 6.08 Å². The monoisotopic (exact) mass is 385 g/mol. The maximum Gasteiger partial charge on any atom is 0.418 e. The van der Waals surface area contributed by atoms with E-state index in [2.05, 4.69) is 34.5 Å². The van der Waals surface area contributed by atoms with Crippen molar-refractivity contribution in [2.45, 2.75) is 26.3 Å². The number of nitrogens with one attached hydrogen (secondary N) is 1. The van der Waals surface area contributed by atoms with E-state index in [0.717, 1.165) is 12.0 Å². The van der Waals surface area contributed by atoms with Crippen molar-refractivity contribution >= 4 is 17.5 Å². The van der Waals surface area contributed by atoms with Crippen LogP contribution < -0.4 is 10.1 Å². The Balaban J connectivity index is 1.54. The molecule has 1 atom stereocenters. The highest BCUT2D eigenvalue weighted by atomic mass is 35.5. The molecule has 1 unspecified atom stereocenters. The normalized spacial score (nSPS) is 11.8. The molecule has 6 nitrogen and oxygen atoms in total. The maximum absolute atomic E-state index is 12.1. The van der Waals surface area contributed by atoms with Crippen LogP contribution >= 0.6 is 11.6 Å². The number of rotatable bonds is 7. The minimum absolute atomic E-state index is 0.0833. The van der Waals surface area contributed by atoms with Crippen molar-refractivity contribution in [2.75, 3.05) is 6.61 Å². The molecule has 3 rings (SSSR count). The topological polar surface area (TPSA) is 77.2 Å². The molecule has 0 bridgehead atoms. The molecule has 1 heterocycles. The van der Waals surface area contributed by atoms with E-state index < -0.39 is 0 Å². The second kappa shape index (κ2) is 8.68. The molecule has 0 aliphatic heterocycles. The van der Waals surface area contributed by atoms with Gasteiger partial charge in [0.25, 0.3) is 5.91 Å². The van der Waals surface area contributed by atoms with E-state index >= 15 is 0 Å². The summed E-state index contributed by atoms with van der Waals surface area (Å²) < 4.78 is 10.3. The van der Waals surface area contributed by atoms with Crippen LogP contribution in [0.3, 0.4) is 0 Å². The first kappa shape index (κ1) is 18.9. The minimum Gasteiger partial charge on any atom is -0.439 e. The van der Waals surface area contributed by atoms with E-state index in [1.807, 2.05) is 31.2 Å². The molecule has 1 N–H and O–H groups in total. The van der Waals surface area contributed by atoms with Gasteiger partial charge in [-0.15, -0.1) is 0 Å². The van der Waals surface area contributed by atoms with Gasteiger partial charge in [-0.1, -0.05) is 60.1 Å². The van der Waals surface area contributed by atoms with Gasteiger partial charge in [-0.05, 0) is 36.6 Å². The number of halogens is 1. The third-order valence-electron chi connectivity index (χ3n) is 4.11. The van der Waals surface area contributed by atoms with Crippen molar-refractivity contribution in [1.82, 2.24) is 15.5 Å². The molecule has 1 aromatic heterocycles. The summed E-state index contributed by atoms with van der Waals surface area (Å²) in [5.74, 6) is 0.0277. The van der Waals surface area contributed by atoms with Crippen LogP contribution in [0.4, 0.5) is 0 Å². The number of carbonyl (C=O) groups excluding carboxylic acids is 1. The number of nitrogens with zero attached hydrogens (tertiary/aromatic N) is 2. The average Bonchev–Trinajstić information content (AvgIpc) is 3.15. The van der Waals surface area contributed by atoms with Crippen LogP contribution in [0.25, 0.3) is 11.4 Å². The molecular weight excluding hydrogens is 366 g/mol. The summed E-state index contributed by atoms with van der Waals surface area (Å²) in [6.45, 7) is 3.80. The Labute approximate surface area is 162 Å². The number of benzene rings is 2. The first-order valence-electron chi connectivity index (χ1n) is 8.66. The van der Waals surface area contributed by atoms with E-state index in [4.69, 9.17) is 20.9 Å². The van der Waals surface area contributed by atoms with Gasteiger partial charge in [-0.25, -0.2) is 0 Å². The first-order valence-corrected chi connectivity index (χ1v) is 9.04. The fourth-order valence-corrected chi connectivity index (χ4v) is 2.78. The molecule has 2 aromatic carbocycles. The summed E-state index contributed by atoms with van der Waals surface area (Å²) in [5, 5.41) is 7.20. The van der Waals surface area contributed by atoms with Gasteiger partial charge in [-0.2, -0.15) is 4.98 Å². The van der Waals surface area contributed by atoms with E-state index in [-0.39, 0.29) is 24.6 Å². The Morgan fingerprint density at radius 1 is 1.22 bits per heavy atom. The number of hydrogen-bond donors (Lipinski definition) is 1. The van der Waals surface area contributed by atoms with Crippen LogP contribution in [0.2, 0.25) is 5.02 Å². The average molecular weight is 386 g/mol. The minimum atomic E-state index is -0.278. The third kappa shape index (κ3) is 4.86. The van der Waals surface area contributed by atoms with Crippen LogP contribution in [-0.2, 0) is 11.2 Å². The second-order valence-electron chi connectivity index (χ2n) is 6.04. The molecule has 0 aliphatic rings. The molecule has 0 fully saturated rings. The zero-order valence-corrected chi connectivity index (χ0v) is 15.9. The number of aryl methyl sites for hydroxylation is 1. The molecule has 1 amide bonds. The third-order valence-corrected chi connectivity index (χ3v) is 4.44. The molecule has 0 spiro atoms. The Morgan fingerprint density at radius 3 is 2.67 bits per heavy atom. The summed E-state index contributed by atoms with van der Waals surface area (Å²) in [4.78, 5) is 16.2. The van der Waals surface area contributed by atoms with Gasteiger partial charge < -0.3 is 10.1 Å². The van der Waals surface area contributed by atoms with Gasteiger partial charge in [0.2, 0.25) is 5.82 Å². The summed E-state index contributed by atoms with van der Waals surface area (Å²) in [5.41, 5.74) is 2.91. The lowest BCUT2D eigenvalue weighted by Crippen LogP contribution is -2.31. The molecule has 27 heavy (non-hydrogen) atoms. The van der Waals surface area contributed by atoms with Gasteiger partial charge in [0, 0.05) is 5.56 Å². The smallest absolute Gasteiger partial charge is 0.418 e. The SMILES string of the molecule is CCc1ccc(C(C)NC(=O)COc2nc(-c3ccccc3Cl)no2)cc1. The number of amides is 1. The number of ether oxygens (including phenoxy) is 1. The van der Waals surface area contributed by atoms with E-state index in [1.165, 1.54) is 5.56 Å². The zero-order chi connectivity index (χ0) is 19.2. The Hall–Kier alpha value is -2.86.